The van der Waals surface area contributed by atoms with Crippen LogP contribution in [0.15, 0.2) is 52.9 Å². The summed E-state index contributed by atoms with van der Waals surface area (Å²) >= 11 is 2.71. The zero-order valence-electron chi connectivity index (χ0n) is 16.3. The predicted molar refractivity (Wildman–Crippen MR) is 118 cm³/mol. The van der Waals surface area contributed by atoms with Gasteiger partial charge in [0.15, 0.2) is 4.34 Å². The quantitative estimate of drug-likeness (QED) is 0.554. The van der Waals surface area contributed by atoms with E-state index in [2.05, 4.69) is 20.8 Å². The van der Waals surface area contributed by atoms with Crippen molar-refractivity contribution in [3.63, 3.8) is 0 Å². The second-order valence-electron chi connectivity index (χ2n) is 6.48. The molecule has 3 rings (SSSR count). The molecular formula is C20H21N5O2S2. The van der Waals surface area contributed by atoms with Crippen LogP contribution >= 0.6 is 23.1 Å². The zero-order chi connectivity index (χ0) is 20.8. The molecule has 0 aliphatic rings. The Bertz CT molecular complexity index is 1020. The largest absolute Gasteiger partial charge is 0.345 e. The SMILES string of the molecule is Cc1cccc(Nc2nnc(SCC(=O)Nc3cccc(C(=O)N(C)C)c3)s2)c1. The number of hydrogen-bond acceptors (Lipinski definition) is 7. The highest BCUT2D eigenvalue weighted by Crippen LogP contribution is 2.28. The van der Waals surface area contributed by atoms with Gasteiger partial charge in [-0.15, -0.1) is 10.2 Å². The fourth-order valence-electron chi connectivity index (χ4n) is 2.48. The number of nitrogens with zero attached hydrogens (tertiary/aromatic N) is 3. The first-order chi connectivity index (χ1) is 13.9. The third-order valence-corrected chi connectivity index (χ3v) is 5.77. The minimum Gasteiger partial charge on any atom is -0.345 e. The van der Waals surface area contributed by atoms with Crippen LogP contribution in [0.25, 0.3) is 0 Å². The fourth-order valence-corrected chi connectivity index (χ4v) is 4.05. The van der Waals surface area contributed by atoms with Crippen LogP contribution in [0.3, 0.4) is 0 Å². The average molecular weight is 428 g/mol. The van der Waals surface area contributed by atoms with E-state index in [1.807, 2.05) is 31.2 Å². The summed E-state index contributed by atoms with van der Waals surface area (Å²) in [7, 11) is 3.38. The highest BCUT2D eigenvalue weighted by atomic mass is 32.2. The van der Waals surface area contributed by atoms with Crippen LogP contribution in [0.5, 0.6) is 0 Å². The van der Waals surface area contributed by atoms with Crippen LogP contribution in [-0.2, 0) is 4.79 Å². The zero-order valence-corrected chi connectivity index (χ0v) is 17.9. The first-order valence-corrected chi connectivity index (χ1v) is 10.6. The molecular weight excluding hydrogens is 406 g/mol. The Morgan fingerprint density at radius 2 is 1.83 bits per heavy atom. The van der Waals surface area contributed by atoms with Crippen molar-refractivity contribution in [3.05, 3.63) is 59.7 Å². The third kappa shape index (κ3) is 6.03. The Balaban J connectivity index is 1.53. The van der Waals surface area contributed by atoms with Gasteiger partial charge in [0.05, 0.1) is 5.75 Å². The molecule has 0 fully saturated rings. The number of carbonyl (C=O) groups is 2. The highest BCUT2D eigenvalue weighted by molar-refractivity contribution is 8.01. The maximum Gasteiger partial charge on any atom is 0.253 e. The van der Waals surface area contributed by atoms with Crippen LogP contribution < -0.4 is 10.6 Å². The number of nitrogens with one attached hydrogen (secondary N) is 2. The first-order valence-electron chi connectivity index (χ1n) is 8.82. The number of amides is 2. The fraction of sp³-hybridized carbons (Fsp3) is 0.200. The molecule has 2 amide bonds. The number of rotatable bonds is 7. The number of carbonyl (C=O) groups excluding carboxylic acids is 2. The van der Waals surface area contributed by atoms with E-state index in [1.165, 1.54) is 28.0 Å². The Labute approximate surface area is 177 Å². The molecule has 2 aromatic carbocycles. The van der Waals surface area contributed by atoms with E-state index in [0.29, 0.717) is 20.7 Å². The van der Waals surface area contributed by atoms with E-state index in [1.54, 1.807) is 38.4 Å². The van der Waals surface area contributed by atoms with Crippen LogP contribution in [0.4, 0.5) is 16.5 Å². The summed E-state index contributed by atoms with van der Waals surface area (Å²) < 4.78 is 0.701. The second-order valence-corrected chi connectivity index (χ2v) is 8.68. The van der Waals surface area contributed by atoms with Gasteiger partial charge in [-0.25, -0.2) is 0 Å². The lowest BCUT2D eigenvalue weighted by Gasteiger charge is -2.11. The van der Waals surface area contributed by atoms with E-state index in [4.69, 9.17) is 0 Å². The van der Waals surface area contributed by atoms with Crippen molar-refractivity contribution in [2.24, 2.45) is 0 Å². The molecule has 0 saturated carbocycles. The second kappa shape index (κ2) is 9.53. The standard InChI is InChI=1S/C20H21N5O2S2/c1-13-6-4-8-15(10-13)22-19-23-24-20(29-19)28-12-17(26)21-16-9-5-7-14(11-16)18(27)25(2)3/h4-11H,12H2,1-3H3,(H,21,26)(H,22,23). The lowest BCUT2D eigenvalue weighted by molar-refractivity contribution is -0.113. The Hall–Kier alpha value is -2.91. The summed E-state index contributed by atoms with van der Waals surface area (Å²) in [6.07, 6.45) is 0. The molecule has 0 aliphatic carbocycles. The molecule has 0 saturated heterocycles. The van der Waals surface area contributed by atoms with E-state index in [0.717, 1.165) is 11.3 Å². The molecule has 150 valence electrons. The molecule has 0 spiro atoms. The molecule has 1 aromatic heterocycles. The molecule has 3 aromatic rings. The van der Waals surface area contributed by atoms with Crippen molar-refractivity contribution in [2.75, 3.05) is 30.5 Å². The van der Waals surface area contributed by atoms with Gasteiger partial charge in [-0.05, 0) is 42.8 Å². The molecule has 0 bridgehead atoms. The number of benzene rings is 2. The van der Waals surface area contributed by atoms with Gasteiger partial charge in [-0.2, -0.15) is 0 Å². The monoisotopic (exact) mass is 427 g/mol. The number of aryl methyl sites for hydroxylation is 1. The number of thioether (sulfide) groups is 1. The van der Waals surface area contributed by atoms with Crippen molar-refractivity contribution < 1.29 is 9.59 Å². The predicted octanol–water partition coefficient (Wildman–Crippen LogP) is 4.02. The molecule has 0 aliphatic heterocycles. The van der Waals surface area contributed by atoms with E-state index in [-0.39, 0.29) is 17.6 Å². The van der Waals surface area contributed by atoms with Crippen molar-refractivity contribution in [1.82, 2.24) is 15.1 Å². The Morgan fingerprint density at radius 3 is 2.59 bits per heavy atom. The van der Waals surface area contributed by atoms with Crippen LogP contribution in [0.2, 0.25) is 0 Å². The maximum absolute atomic E-state index is 12.2. The summed E-state index contributed by atoms with van der Waals surface area (Å²) in [5.74, 6) is -0.0869. The van der Waals surface area contributed by atoms with Gasteiger partial charge < -0.3 is 15.5 Å². The number of anilines is 3. The number of aromatic nitrogens is 2. The lowest BCUT2D eigenvalue weighted by Crippen LogP contribution is -2.22. The molecule has 7 nitrogen and oxygen atoms in total. The van der Waals surface area contributed by atoms with Gasteiger partial charge in [0.25, 0.3) is 5.91 Å². The number of hydrogen-bond donors (Lipinski definition) is 2. The average Bonchev–Trinajstić information content (AvgIpc) is 3.13. The van der Waals surface area contributed by atoms with Gasteiger partial charge in [0.2, 0.25) is 11.0 Å². The molecule has 2 N–H and O–H groups in total. The van der Waals surface area contributed by atoms with Gasteiger partial charge in [-0.1, -0.05) is 41.3 Å². The molecule has 0 radical (unpaired) electrons. The molecule has 1 heterocycles. The van der Waals surface area contributed by atoms with Crippen molar-refractivity contribution >= 4 is 51.4 Å². The van der Waals surface area contributed by atoms with E-state index >= 15 is 0 Å². The van der Waals surface area contributed by atoms with Crippen LogP contribution in [0, 0.1) is 6.92 Å². The Morgan fingerprint density at radius 1 is 1.07 bits per heavy atom. The Kier molecular flexibility index (Phi) is 6.84. The summed E-state index contributed by atoms with van der Waals surface area (Å²) in [6, 6.07) is 14.9. The summed E-state index contributed by atoms with van der Waals surface area (Å²) in [6.45, 7) is 2.03. The van der Waals surface area contributed by atoms with Gasteiger partial charge in [-0.3, -0.25) is 9.59 Å². The molecule has 0 unspecified atom stereocenters. The minimum atomic E-state index is -0.173. The molecule has 9 heteroatoms. The molecule has 29 heavy (non-hydrogen) atoms. The van der Waals surface area contributed by atoms with Gasteiger partial charge >= 0.3 is 0 Å². The summed E-state index contributed by atoms with van der Waals surface area (Å²) in [5.41, 5.74) is 3.21. The summed E-state index contributed by atoms with van der Waals surface area (Å²) in [5, 5.41) is 14.9. The molecule has 0 atom stereocenters. The minimum absolute atomic E-state index is 0.113. The van der Waals surface area contributed by atoms with Crippen LogP contribution in [0.1, 0.15) is 15.9 Å². The maximum atomic E-state index is 12.2. The summed E-state index contributed by atoms with van der Waals surface area (Å²) in [4.78, 5) is 25.8. The third-order valence-electron chi connectivity index (χ3n) is 3.80. The van der Waals surface area contributed by atoms with Crippen molar-refractivity contribution in [2.45, 2.75) is 11.3 Å². The van der Waals surface area contributed by atoms with E-state index in [9.17, 15) is 9.59 Å². The van der Waals surface area contributed by atoms with E-state index < -0.39 is 0 Å². The van der Waals surface area contributed by atoms with Crippen molar-refractivity contribution in [3.8, 4) is 0 Å². The van der Waals surface area contributed by atoms with Gasteiger partial charge in [0.1, 0.15) is 0 Å². The first kappa shape index (κ1) is 20.8. The topological polar surface area (TPSA) is 87.2 Å². The highest BCUT2D eigenvalue weighted by Gasteiger charge is 2.11. The van der Waals surface area contributed by atoms with Gasteiger partial charge in [0, 0.05) is 31.0 Å². The smallest absolute Gasteiger partial charge is 0.253 e. The normalized spacial score (nSPS) is 10.4. The lowest BCUT2D eigenvalue weighted by atomic mass is 10.2. The van der Waals surface area contributed by atoms with Crippen LogP contribution in [-0.4, -0.2) is 46.8 Å². The van der Waals surface area contributed by atoms with Crippen molar-refractivity contribution in [1.29, 1.82) is 0 Å².